The molecule has 3 fully saturated rings. The number of nitrogens with zero attached hydrogens (tertiary/aromatic N) is 5. The summed E-state index contributed by atoms with van der Waals surface area (Å²) < 4.78 is 80.9. The Kier molecular flexibility index (Phi) is 9.03. The van der Waals surface area contributed by atoms with Crippen molar-refractivity contribution in [3.05, 3.63) is 53.2 Å². The van der Waals surface area contributed by atoms with E-state index in [0.29, 0.717) is 79.8 Å². The van der Waals surface area contributed by atoms with Crippen LogP contribution in [0.15, 0.2) is 30.3 Å². The SMILES string of the molecule is CC[C@@H]1CN2c3nc(OCC4(CN5CCC(OC(F)(F)F)CC5)CC4)nc4c(F)c(-c5cccc6ccc(F)c(C)c56)nc(c34)CCC[C@@H]2CN1. The van der Waals surface area contributed by atoms with E-state index in [4.69, 9.17) is 19.7 Å². The standard InChI is InChI=1S/C38H43F5N6O2/c1-3-24-19-49-25(18-44-24)7-5-9-29-31-34(32(40)33(45-29)27-8-4-6-23-10-11-28(39)22(2)30(23)27)46-36(47-35(31)49)50-21-37(14-15-37)20-48-16-12-26(13-17-48)51-38(41,42)43/h4,6,8,10-11,24-26,44H,3,5,7,9,12-21H2,1-2H3/t24-,25-/m1/s1. The molecule has 3 aliphatic heterocycles. The molecule has 2 aromatic heterocycles. The zero-order valence-electron chi connectivity index (χ0n) is 29.0. The molecule has 2 aromatic carbocycles. The smallest absolute Gasteiger partial charge is 0.463 e. The third kappa shape index (κ3) is 6.84. The minimum atomic E-state index is -4.62. The number of alkyl halides is 3. The van der Waals surface area contributed by atoms with Gasteiger partial charge < -0.3 is 19.9 Å². The number of hydrogen-bond acceptors (Lipinski definition) is 8. The Morgan fingerprint density at radius 2 is 1.80 bits per heavy atom. The lowest BCUT2D eigenvalue weighted by molar-refractivity contribution is -0.345. The van der Waals surface area contributed by atoms with Crippen LogP contribution in [0.3, 0.4) is 0 Å². The maximum atomic E-state index is 17.1. The van der Waals surface area contributed by atoms with Crippen molar-refractivity contribution in [2.24, 2.45) is 5.41 Å². The molecule has 1 N–H and O–H groups in total. The van der Waals surface area contributed by atoms with Crippen LogP contribution in [-0.4, -0.2) is 83.7 Å². The van der Waals surface area contributed by atoms with Crippen LogP contribution in [0.2, 0.25) is 0 Å². The van der Waals surface area contributed by atoms with Gasteiger partial charge in [0.2, 0.25) is 0 Å². The summed E-state index contributed by atoms with van der Waals surface area (Å²) in [6.07, 6.45) is 0.328. The van der Waals surface area contributed by atoms with Gasteiger partial charge >= 0.3 is 12.4 Å². The number of hydrogen-bond donors (Lipinski definition) is 1. The van der Waals surface area contributed by atoms with Gasteiger partial charge in [0.15, 0.2) is 5.82 Å². The van der Waals surface area contributed by atoms with Gasteiger partial charge in [-0.25, -0.2) is 13.8 Å². The fraction of sp³-hybridized carbons (Fsp3) is 0.553. The number of fused-ring (bicyclic) bond motifs is 3. The molecule has 2 atom stereocenters. The van der Waals surface area contributed by atoms with Crippen molar-refractivity contribution < 1.29 is 31.4 Å². The van der Waals surface area contributed by atoms with Crippen LogP contribution in [0, 0.1) is 24.0 Å². The Hall–Kier alpha value is -3.68. The number of piperazine rings is 1. The highest BCUT2D eigenvalue weighted by Crippen LogP contribution is 2.47. The molecule has 0 spiro atoms. The van der Waals surface area contributed by atoms with E-state index >= 15 is 4.39 Å². The molecule has 51 heavy (non-hydrogen) atoms. The quantitative estimate of drug-likeness (QED) is 0.189. The second-order valence-corrected chi connectivity index (χ2v) is 14.9. The predicted octanol–water partition coefficient (Wildman–Crippen LogP) is 7.48. The normalized spacial score (nSPS) is 22.5. The number of aryl methyl sites for hydroxylation is 2. The Morgan fingerprint density at radius 3 is 2.55 bits per heavy atom. The lowest BCUT2D eigenvalue weighted by Crippen LogP contribution is -2.57. The molecule has 2 saturated heterocycles. The van der Waals surface area contributed by atoms with Crippen LogP contribution < -0.4 is 15.0 Å². The molecule has 8 nitrogen and oxygen atoms in total. The Labute approximate surface area is 293 Å². The van der Waals surface area contributed by atoms with E-state index < -0.39 is 18.3 Å². The summed E-state index contributed by atoms with van der Waals surface area (Å²) in [6.45, 7) is 7.37. The summed E-state index contributed by atoms with van der Waals surface area (Å²) >= 11 is 0. The fourth-order valence-corrected chi connectivity index (χ4v) is 8.32. The minimum absolute atomic E-state index is 0.0918. The number of halogens is 5. The van der Waals surface area contributed by atoms with E-state index in [1.165, 1.54) is 6.07 Å². The summed E-state index contributed by atoms with van der Waals surface area (Å²) in [4.78, 5) is 19.2. The molecule has 0 unspecified atom stereocenters. The van der Waals surface area contributed by atoms with Crippen molar-refractivity contribution >= 4 is 27.5 Å². The maximum absolute atomic E-state index is 17.1. The molecule has 8 rings (SSSR count). The molecular formula is C38H43F5N6O2. The molecule has 5 heterocycles. The zero-order valence-corrected chi connectivity index (χ0v) is 29.0. The zero-order chi connectivity index (χ0) is 35.5. The monoisotopic (exact) mass is 710 g/mol. The van der Waals surface area contributed by atoms with Gasteiger partial charge in [0, 0.05) is 55.8 Å². The Balaban J connectivity index is 1.16. The van der Waals surface area contributed by atoms with Crippen molar-refractivity contribution in [1.29, 1.82) is 0 Å². The summed E-state index contributed by atoms with van der Waals surface area (Å²) in [7, 11) is 0. The van der Waals surface area contributed by atoms with Crippen LogP contribution in [0.1, 0.15) is 63.1 Å². The molecule has 4 aliphatic rings. The third-order valence-electron chi connectivity index (χ3n) is 11.4. The lowest BCUT2D eigenvalue weighted by atomic mass is 9.94. The van der Waals surface area contributed by atoms with E-state index in [9.17, 15) is 17.6 Å². The summed E-state index contributed by atoms with van der Waals surface area (Å²) in [5, 5.41) is 5.66. The molecule has 0 bridgehead atoms. The van der Waals surface area contributed by atoms with Gasteiger partial charge in [0.1, 0.15) is 22.8 Å². The average Bonchev–Trinajstić information content (AvgIpc) is 3.88. The number of piperidine rings is 1. The summed E-state index contributed by atoms with van der Waals surface area (Å²) in [5.74, 6) is -0.332. The highest BCUT2D eigenvalue weighted by atomic mass is 19.4. The van der Waals surface area contributed by atoms with E-state index in [1.807, 2.05) is 12.1 Å². The number of pyridine rings is 1. The average molecular weight is 711 g/mol. The molecule has 13 heteroatoms. The van der Waals surface area contributed by atoms with Gasteiger partial charge in [-0.15, -0.1) is 13.2 Å². The van der Waals surface area contributed by atoms with Crippen molar-refractivity contribution in [2.75, 3.05) is 44.2 Å². The molecule has 1 saturated carbocycles. The third-order valence-corrected chi connectivity index (χ3v) is 11.4. The lowest BCUT2D eigenvalue weighted by Gasteiger charge is -2.42. The first-order valence-electron chi connectivity index (χ1n) is 18.2. The fourth-order valence-electron chi connectivity index (χ4n) is 8.32. The largest absolute Gasteiger partial charge is 0.522 e. The van der Waals surface area contributed by atoms with Crippen LogP contribution in [-0.2, 0) is 11.2 Å². The van der Waals surface area contributed by atoms with Crippen molar-refractivity contribution in [3.63, 3.8) is 0 Å². The van der Waals surface area contributed by atoms with Crippen molar-refractivity contribution in [3.8, 4) is 17.3 Å². The van der Waals surface area contributed by atoms with Crippen LogP contribution in [0.5, 0.6) is 6.01 Å². The molecule has 1 aliphatic carbocycles. The number of rotatable bonds is 8. The van der Waals surface area contributed by atoms with Crippen LogP contribution in [0.25, 0.3) is 32.9 Å². The van der Waals surface area contributed by atoms with E-state index in [2.05, 4.69) is 26.8 Å². The summed E-state index contributed by atoms with van der Waals surface area (Å²) in [6, 6.07) is 9.13. The molecule has 272 valence electrons. The van der Waals surface area contributed by atoms with Crippen LogP contribution >= 0.6 is 0 Å². The van der Waals surface area contributed by atoms with E-state index in [-0.39, 0.29) is 40.5 Å². The van der Waals surface area contributed by atoms with Crippen molar-refractivity contribution in [1.82, 2.24) is 25.2 Å². The van der Waals surface area contributed by atoms with Gasteiger partial charge in [-0.1, -0.05) is 31.2 Å². The minimum Gasteiger partial charge on any atom is -0.463 e. The highest BCUT2D eigenvalue weighted by Gasteiger charge is 2.46. The Morgan fingerprint density at radius 1 is 1.00 bits per heavy atom. The second kappa shape index (κ2) is 13.4. The van der Waals surface area contributed by atoms with Crippen molar-refractivity contribution in [2.45, 2.75) is 89.8 Å². The predicted molar refractivity (Wildman–Crippen MR) is 185 cm³/mol. The first-order chi connectivity index (χ1) is 24.5. The molecular weight excluding hydrogens is 667 g/mol. The van der Waals surface area contributed by atoms with Gasteiger partial charge in [-0.05, 0) is 80.7 Å². The topological polar surface area (TPSA) is 75.6 Å². The first kappa shape index (κ1) is 34.4. The number of aromatic nitrogens is 3. The second-order valence-electron chi connectivity index (χ2n) is 14.9. The Bertz CT molecular complexity index is 1940. The molecule has 0 amide bonds. The molecule has 0 radical (unpaired) electrons. The summed E-state index contributed by atoms with van der Waals surface area (Å²) in [5.41, 5.74) is 1.76. The number of likely N-dealkylation sites (tertiary alicyclic amines) is 1. The maximum Gasteiger partial charge on any atom is 0.522 e. The van der Waals surface area contributed by atoms with Gasteiger partial charge in [0.25, 0.3) is 0 Å². The number of ether oxygens (including phenoxy) is 2. The molecule has 4 aromatic rings. The van der Waals surface area contributed by atoms with Crippen LogP contribution in [0.4, 0.5) is 27.8 Å². The van der Waals surface area contributed by atoms with Gasteiger partial charge in [0.05, 0.1) is 23.8 Å². The first-order valence-corrected chi connectivity index (χ1v) is 18.2. The van der Waals surface area contributed by atoms with E-state index in [0.717, 1.165) is 49.7 Å². The van der Waals surface area contributed by atoms with E-state index in [1.54, 1.807) is 19.1 Å². The number of benzene rings is 2. The van der Waals surface area contributed by atoms with Gasteiger partial charge in [-0.2, -0.15) is 9.97 Å². The number of anilines is 1. The number of nitrogens with one attached hydrogen (secondary N) is 1. The van der Waals surface area contributed by atoms with Gasteiger partial charge in [-0.3, -0.25) is 4.74 Å². The highest BCUT2D eigenvalue weighted by molar-refractivity contribution is 6.01.